The summed E-state index contributed by atoms with van der Waals surface area (Å²) < 4.78 is 4.53. The molecule has 0 saturated heterocycles. The number of nitrogens with one attached hydrogen (secondary N) is 2. The number of aromatic amines is 2. The van der Waals surface area contributed by atoms with Crippen LogP contribution in [-0.2, 0) is 50.6 Å². The predicted molar refractivity (Wildman–Crippen MR) is 163 cm³/mol. The fourth-order valence-electron chi connectivity index (χ4n) is 5.42. The van der Waals surface area contributed by atoms with Crippen LogP contribution in [0.2, 0.25) is 0 Å². The molecule has 16 heteroatoms. The number of aryl methyl sites for hydroxylation is 4. The molecule has 0 aliphatic heterocycles. The maximum Gasteiger partial charge on any atom is 0.332 e. The summed E-state index contributed by atoms with van der Waals surface area (Å²) in [6.45, 7) is 0.498. The van der Waals surface area contributed by atoms with Gasteiger partial charge in [0.15, 0.2) is 22.9 Å². The van der Waals surface area contributed by atoms with Crippen LogP contribution in [0, 0.1) is 0 Å². The lowest BCUT2D eigenvalue weighted by Gasteiger charge is -2.27. The van der Waals surface area contributed by atoms with E-state index in [4.69, 9.17) is 11.5 Å². The van der Waals surface area contributed by atoms with Crippen molar-refractivity contribution in [3.63, 3.8) is 0 Å². The normalized spacial score (nSPS) is 12.0. The Morgan fingerprint density at radius 1 is 0.682 bits per heavy atom. The Balaban J connectivity index is 1.43. The van der Waals surface area contributed by atoms with Crippen LogP contribution < -0.4 is 34.0 Å². The number of fused-ring (bicyclic) bond motifs is 2. The molecule has 238 valence electrons. The van der Waals surface area contributed by atoms with Crippen LogP contribution in [0.4, 0.5) is 0 Å². The van der Waals surface area contributed by atoms with Gasteiger partial charge in [-0.3, -0.25) is 37.4 Å². The first kappa shape index (κ1) is 32.5. The zero-order chi connectivity index (χ0) is 32.3. The molecule has 6 N–H and O–H groups in total. The fourth-order valence-corrected chi connectivity index (χ4v) is 5.42. The molecule has 0 bridgehead atoms. The number of carbonyl (C=O) groups is 2. The summed E-state index contributed by atoms with van der Waals surface area (Å²) in [5, 5.41) is 0. The molecule has 0 atom stereocenters. The maximum atomic E-state index is 13.4. The van der Waals surface area contributed by atoms with E-state index in [0.717, 1.165) is 22.0 Å². The number of aromatic nitrogens is 8. The van der Waals surface area contributed by atoms with Gasteiger partial charge in [-0.15, -0.1) is 0 Å². The highest BCUT2D eigenvalue weighted by molar-refractivity contribution is 6.11. The number of imidazole rings is 2. The molecule has 0 unspecified atom stereocenters. The van der Waals surface area contributed by atoms with Crippen molar-refractivity contribution in [1.82, 2.24) is 38.2 Å². The number of H-pyrrole nitrogens is 2. The molecule has 0 aliphatic carbocycles. The van der Waals surface area contributed by atoms with Gasteiger partial charge in [0.25, 0.3) is 11.1 Å². The Bertz CT molecular complexity index is 1820. The van der Waals surface area contributed by atoms with E-state index in [-0.39, 0.29) is 53.2 Å². The van der Waals surface area contributed by atoms with Crippen molar-refractivity contribution in [1.29, 1.82) is 0 Å². The van der Waals surface area contributed by atoms with Gasteiger partial charge in [-0.25, -0.2) is 19.6 Å². The standard InChI is InChI=1S/C28H40N10O6/c1-35-22-20(24(41)37(3)26(35)43)31-18(33-22)12-8-10-16(39)28(30,14-6-5-7-15-29)17(40)11-9-13-19-32-21-23(34-19)36(2)27(44)38(4)25(21)42/h5-15,29-30H2,1-4H3,(H,31,33)(H,32,34). The summed E-state index contributed by atoms with van der Waals surface area (Å²) in [5.41, 5.74) is 9.38. The van der Waals surface area contributed by atoms with Crippen LogP contribution in [0.25, 0.3) is 22.3 Å². The van der Waals surface area contributed by atoms with E-state index in [0.29, 0.717) is 50.3 Å². The topological polar surface area (TPSA) is 232 Å². The molecule has 0 saturated carbocycles. The molecular weight excluding hydrogens is 572 g/mol. The molecule has 0 radical (unpaired) electrons. The zero-order valence-electron chi connectivity index (χ0n) is 25.6. The summed E-state index contributed by atoms with van der Waals surface area (Å²) in [6.07, 6.45) is 3.55. The van der Waals surface area contributed by atoms with E-state index in [1.165, 1.54) is 37.3 Å². The maximum absolute atomic E-state index is 13.4. The largest absolute Gasteiger partial charge is 0.336 e. The molecule has 0 spiro atoms. The predicted octanol–water partition coefficient (Wildman–Crippen LogP) is -1.07. The van der Waals surface area contributed by atoms with Crippen molar-refractivity contribution in [2.75, 3.05) is 6.54 Å². The molecule has 0 aliphatic rings. The summed E-state index contributed by atoms with van der Waals surface area (Å²) in [6, 6.07) is 0. The molecule has 0 amide bonds. The molecule has 4 aromatic heterocycles. The molecule has 0 aromatic carbocycles. The van der Waals surface area contributed by atoms with Gasteiger partial charge in [0, 0.05) is 53.9 Å². The van der Waals surface area contributed by atoms with E-state index in [1.54, 1.807) is 0 Å². The molecule has 44 heavy (non-hydrogen) atoms. The summed E-state index contributed by atoms with van der Waals surface area (Å²) in [5.74, 6) is 0.135. The Labute approximate surface area is 251 Å². The van der Waals surface area contributed by atoms with E-state index in [1.807, 2.05) is 0 Å². The second kappa shape index (κ2) is 13.1. The Morgan fingerprint density at radius 3 is 1.52 bits per heavy atom. The SMILES string of the molecule is Cn1c(=O)c2[nH]c(CCCC(=O)C(N)(CCCCCN)C(=O)CCCc3nc4c([nH]3)c(=O)n(C)c(=O)n4C)nc2n(C)c1=O. The van der Waals surface area contributed by atoms with Crippen LogP contribution in [-0.4, -0.2) is 61.9 Å². The molecule has 4 heterocycles. The van der Waals surface area contributed by atoms with Crippen molar-refractivity contribution < 1.29 is 9.59 Å². The summed E-state index contributed by atoms with van der Waals surface area (Å²) >= 11 is 0. The lowest BCUT2D eigenvalue weighted by molar-refractivity contribution is -0.135. The number of ketones is 2. The first-order chi connectivity index (χ1) is 20.8. The van der Waals surface area contributed by atoms with Gasteiger partial charge in [0.05, 0.1) is 0 Å². The highest BCUT2D eigenvalue weighted by Crippen LogP contribution is 2.22. The van der Waals surface area contributed by atoms with Crippen molar-refractivity contribution in [3.05, 3.63) is 53.3 Å². The van der Waals surface area contributed by atoms with Gasteiger partial charge in [-0.1, -0.05) is 12.8 Å². The molecule has 16 nitrogen and oxygen atoms in total. The van der Waals surface area contributed by atoms with Gasteiger partial charge in [0.2, 0.25) is 0 Å². The molecule has 0 fully saturated rings. The van der Waals surface area contributed by atoms with Gasteiger partial charge in [-0.2, -0.15) is 0 Å². The second-order valence-corrected chi connectivity index (χ2v) is 11.3. The van der Waals surface area contributed by atoms with E-state index in [2.05, 4.69) is 19.9 Å². The first-order valence-electron chi connectivity index (χ1n) is 14.7. The highest BCUT2D eigenvalue weighted by Gasteiger charge is 2.39. The fraction of sp³-hybridized carbons (Fsp3) is 0.571. The van der Waals surface area contributed by atoms with Crippen LogP contribution in [0.15, 0.2) is 19.2 Å². The number of unbranched alkanes of at least 4 members (excludes halogenated alkanes) is 2. The molecule has 4 aromatic rings. The number of hydrogen-bond acceptors (Lipinski definition) is 10. The third-order valence-corrected chi connectivity index (χ3v) is 8.19. The number of carbonyl (C=O) groups excluding carboxylic acids is 2. The van der Waals surface area contributed by atoms with Crippen LogP contribution in [0.5, 0.6) is 0 Å². The zero-order valence-corrected chi connectivity index (χ0v) is 25.6. The minimum absolute atomic E-state index is 0.0218. The van der Waals surface area contributed by atoms with Crippen LogP contribution >= 0.6 is 0 Å². The first-order valence-corrected chi connectivity index (χ1v) is 14.7. The Morgan fingerprint density at radius 2 is 1.11 bits per heavy atom. The molecular formula is C28H40N10O6. The van der Waals surface area contributed by atoms with Gasteiger partial charge in [0.1, 0.15) is 28.2 Å². The Kier molecular flexibility index (Phi) is 9.63. The monoisotopic (exact) mass is 612 g/mol. The van der Waals surface area contributed by atoms with E-state index < -0.39 is 28.0 Å². The number of nitrogens with two attached hydrogens (primary N) is 2. The highest BCUT2D eigenvalue weighted by atomic mass is 16.2. The summed E-state index contributed by atoms with van der Waals surface area (Å²) in [7, 11) is 5.82. The Hall–Kier alpha value is -4.44. The van der Waals surface area contributed by atoms with Crippen molar-refractivity contribution >= 4 is 33.9 Å². The van der Waals surface area contributed by atoms with Gasteiger partial charge >= 0.3 is 11.4 Å². The smallest absolute Gasteiger partial charge is 0.332 e. The van der Waals surface area contributed by atoms with E-state index in [9.17, 15) is 28.8 Å². The van der Waals surface area contributed by atoms with Crippen LogP contribution in [0.1, 0.15) is 63.0 Å². The lowest BCUT2D eigenvalue weighted by Crippen LogP contribution is -2.55. The van der Waals surface area contributed by atoms with Crippen LogP contribution in [0.3, 0.4) is 0 Å². The number of nitrogens with zero attached hydrogens (tertiary/aromatic N) is 6. The van der Waals surface area contributed by atoms with Gasteiger partial charge < -0.3 is 21.4 Å². The number of rotatable bonds is 15. The third kappa shape index (κ3) is 6.12. The second-order valence-electron chi connectivity index (χ2n) is 11.3. The average molecular weight is 613 g/mol. The minimum atomic E-state index is -1.67. The quantitative estimate of drug-likeness (QED) is 0.0938. The molecule has 4 rings (SSSR count). The number of Topliss-reactive ketones (excluding diaryl/α,β-unsaturated/α-hetero) is 2. The van der Waals surface area contributed by atoms with Gasteiger partial charge in [-0.05, 0) is 32.2 Å². The van der Waals surface area contributed by atoms with Crippen molar-refractivity contribution in [3.8, 4) is 0 Å². The average Bonchev–Trinajstić information content (AvgIpc) is 3.64. The number of hydrogen-bond donors (Lipinski definition) is 4. The van der Waals surface area contributed by atoms with Crippen molar-refractivity contribution in [2.24, 2.45) is 39.7 Å². The van der Waals surface area contributed by atoms with E-state index >= 15 is 0 Å². The lowest BCUT2D eigenvalue weighted by atomic mass is 9.80. The third-order valence-electron chi connectivity index (χ3n) is 8.19. The minimum Gasteiger partial charge on any atom is -0.336 e. The summed E-state index contributed by atoms with van der Waals surface area (Å²) in [4.78, 5) is 90.8. The van der Waals surface area contributed by atoms with Crippen molar-refractivity contribution in [2.45, 2.75) is 69.7 Å².